The van der Waals surface area contributed by atoms with Crippen LogP contribution in [-0.2, 0) is 22.6 Å². The van der Waals surface area contributed by atoms with Gasteiger partial charge in [0.15, 0.2) is 17.3 Å². The van der Waals surface area contributed by atoms with Crippen LogP contribution in [-0.4, -0.2) is 50.4 Å². The molecule has 2 aromatic carbocycles. The highest BCUT2D eigenvalue weighted by Crippen LogP contribution is 2.39. The van der Waals surface area contributed by atoms with Gasteiger partial charge in [0.1, 0.15) is 25.6 Å². The van der Waals surface area contributed by atoms with Gasteiger partial charge in [-0.1, -0.05) is 23.7 Å². The summed E-state index contributed by atoms with van der Waals surface area (Å²) >= 11 is 6.28. The minimum atomic E-state index is -0.194. The number of furan rings is 1. The highest BCUT2D eigenvalue weighted by molar-refractivity contribution is 6.30. The number of rotatable bonds is 7. The van der Waals surface area contributed by atoms with Crippen molar-refractivity contribution in [2.24, 2.45) is 0 Å². The van der Waals surface area contributed by atoms with Crippen LogP contribution in [0.15, 0.2) is 52.9 Å². The van der Waals surface area contributed by atoms with E-state index >= 15 is 0 Å². The number of fused-ring (bicyclic) bond motifs is 1. The molecule has 2 aliphatic heterocycles. The summed E-state index contributed by atoms with van der Waals surface area (Å²) in [5.74, 6) is 2.00. The summed E-state index contributed by atoms with van der Waals surface area (Å²) in [6.07, 6.45) is 3.27. The zero-order valence-electron chi connectivity index (χ0n) is 20.3. The Balaban J connectivity index is 1.45. The van der Waals surface area contributed by atoms with Gasteiger partial charge in [0, 0.05) is 24.3 Å². The van der Waals surface area contributed by atoms with Gasteiger partial charge in [-0.15, -0.1) is 0 Å². The van der Waals surface area contributed by atoms with Crippen LogP contribution in [0.2, 0.25) is 5.02 Å². The molecule has 0 aliphatic carbocycles. The molecule has 1 aromatic heterocycles. The molecule has 190 valence electrons. The Kier molecular flexibility index (Phi) is 7.80. The molecule has 8 heteroatoms. The molecule has 0 saturated carbocycles. The molecule has 0 N–H and O–H groups in total. The molecular weight excluding hydrogens is 482 g/mol. The van der Waals surface area contributed by atoms with Crippen LogP contribution in [0.5, 0.6) is 11.5 Å². The third-order valence-electron chi connectivity index (χ3n) is 6.40. The van der Waals surface area contributed by atoms with E-state index in [2.05, 4.69) is 0 Å². The first kappa shape index (κ1) is 24.7. The number of halogens is 1. The largest absolute Gasteiger partial charge is 0.487 e. The van der Waals surface area contributed by atoms with Crippen molar-refractivity contribution in [1.82, 2.24) is 4.90 Å². The summed E-state index contributed by atoms with van der Waals surface area (Å²) in [5, 5.41) is 0.651. The quantitative estimate of drug-likeness (QED) is 0.403. The van der Waals surface area contributed by atoms with Crippen LogP contribution in [0.1, 0.15) is 41.1 Å². The van der Waals surface area contributed by atoms with E-state index in [9.17, 15) is 4.79 Å². The Morgan fingerprint density at radius 2 is 2.03 bits per heavy atom. The molecule has 1 amide bonds. The second kappa shape index (κ2) is 11.4. The molecule has 3 aromatic rings. The molecule has 0 radical (unpaired) electrons. The lowest BCUT2D eigenvalue weighted by molar-refractivity contribution is -0.0115. The average Bonchev–Trinajstić information content (AvgIpc) is 3.25. The van der Waals surface area contributed by atoms with E-state index in [-0.39, 0.29) is 17.8 Å². The molecule has 3 heterocycles. The first-order valence-corrected chi connectivity index (χ1v) is 12.7. The van der Waals surface area contributed by atoms with Crippen molar-refractivity contribution in [2.75, 3.05) is 33.5 Å². The summed E-state index contributed by atoms with van der Waals surface area (Å²) < 4.78 is 29.1. The van der Waals surface area contributed by atoms with Gasteiger partial charge in [-0.3, -0.25) is 4.79 Å². The van der Waals surface area contributed by atoms with Crippen LogP contribution in [0.3, 0.4) is 0 Å². The molecule has 7 nitrogen and oxygen atoms in total. The van der Waals surface area contributed by atoms with Gasteiger partial charge in [0.05, 0.1) is 19.2 Å². The van der Waals surface area contributed by atoms with Gasteiger partial charge in [-0.25, -0.2) is 0 Å². The van der Waals surface area contributed by atoms with E-state index < -0.39 is 0 Å². The van der Waals surface area contributed by atoms with E-state index in [1.165, 1.54) is 0 Å². The van der Waals surface area contributed by atoms with Crippen molar-refractivity contribution in [2.45, 2.75) is 38.5 Å². The van der Waals surface area contributed by atoms with Gasteiger partial charge < -0.3 is 28.3 Å². The van der Waals surface area contributed by atoms with E-state index in [1.54, 1.807) is 24.1 Å². The minimum Gasteiger partial charge on any atom is -0.487 e. The number of ether oxygens (including phenoxy) is 4. The third kappa shape index (κ3) is 5.69. The number of benzene rings is 2. The van der Waals surface area contributed by atoms with E-state index in [0.717, 1.165) is 42.6 Å². The van der Waals surface area contributed by atoms with E-state index in [4.69, 9.17) is 35.0 Å². The normalized spacial score (nSPS) is 17.7. The summed E-state index contributed by atoms with van der Waals surface area (Å²) in [6.45, 7) is 2.66. The van der Waals surface area contributed by atoms with E-state index in [1.807, 2.05) is 36.4 Å². The molecule has 0 bridgehead atoms. The predicted octanol–water partition coefficient (Wildman–Crippen LogP) is 5.73. The zero-order valence-corrected chi connectivity index (χ0v) is 21.1. The van der Waals surface area contributed by atoms with Crippen molar-refractivity contribution >= 4 is 17.5 Å². The van der Waals surface area contributed by atoms with E-state index in [0.29, 0.717) is 55.2 Å². The van der Waals surface area contributed by atoms with Gasteiger partial charge in [-0.2, -0.15) is 0 Å². The second-order valence-corrected chi connectivity index (χ2v) is 9.48. The Hall–Kier alpha value is -3.00. The third-order valence-corrected chi connectivity index (χ3v) is 6.64. The van der Waals surface area contributed by atoms with Crippen LogP contribution in [0.25, 0.3) is 11.1 Å². The predicted molar refractivity (Wildman–Crippen MR) is 136 cm³/mol. The number of hydrogen-bond acceptors (Lipinski definition) is 6. The van der Waals surface area contributed by atoms with Crippen molar-refractivity contribution in [3.8, 4) is 22.6 Å². The molecule has 1 unspecified atom stereocenters. The maximum atomic E-state index is 13.3. The molecule has 36 heavy (non-hydrogen) atoms. The van der Waals surface area contributed by atoms with Crippen molar-refractivity contribution in [1.29, 1.82) is 0 Å². The summed E-state index contributed by atoms with van der Waals surface area (Å²) in [4.78, 5) is 15.0. The zero-order chi connectivity index (χ0) is 24.9. The number of amides is 1. The van der Waals surface area contributed by atoms with Crippen molar-refractivity contribution in [3.05, 3.63) is 70.6 Å². The monoisotopic (exact) mass is 511 g/mol. The average molecular weight is 512 g/mol. The fourth-order valence-electron chi connectivity index (χ4n) is 4.59. The first-order chi connectivity index (χ1) is 17.6. The lowest BCUT2D eigenvalue weighted by atomic mass is 10.0. The van der Waals surface area contributed by atoms with Crippen LogP contribution in [0, 0.1) is 0 Å². The van der Waals surface area contributed by atoms with Gasteiger partial charge in [-0.05, 0) is 66.8 Å². The Morgan fingerprint density at radius 1 is 1.11 bits per heavy atom. The van der Waals surface area contributed by atoms with Crippen LogP contribution in [0.4, 0.5) is 0 Å². The molecule has 5 rings (SSSR count). The standard InChI is InChI=1S/C28H30ClNO6/c1-32-17-24-8-9-25(36-24)28(31)30-10-12-34-27-21(16-30)13-20(19-5-4-6-22(29)14-19)15-26(27)35-18-23-7-2-3-11-33-23/h4-6,8-9,13-15,23H,2-3,7,10-12,16-18H2,1H3. The summed E-state index contributed by atoms with van der Waals surface area (Å²) in [6, 6.07) is 15.1. The molecule has 0 spiro atoms. The number of hydrogen-bond donors (Lipinski definition) is 0. The highest BCUT2D eigenvalue weighted by atomic mass is 35.5. The Bertz CT molecular complexity index is 1200. The number of nitrogens with zero attached hydrogens (tertiary/aromatic N) is 1. The lowest BCUT2D eigenvalue weighted by Gasteiger charge is -2.24. The number of carbonyl (C=O) groups excluding carboxylic acids is 1. The van der Waals surface area contributed by atoms with Crippen LogP contribution < -0.4 is 9.47 Å². The maximum absolute atomic E-state index is 13.3. The first-order valence-electron chi connectivity index (χ1n) is 12.3. The molecular formula is C28H30ClNO6. The Morgan fingerprint density at radius 3 is 2.83 bits per heavy atom. The maximum Gasteiger partial charge on any atom is 0.289 e. The molecule has 1 fully saturated rings. The molecule has 1 atom stereocenters. The van der Waals surface area contributed by atoms with Gasteiger partial charge in [0.25, 0.3) is 5.91 Å². The smallest absolute Gasteiger partial charge is 0.289 e. The SMILES string of the molecule is COCc1ccc(C(=O)N2CCOc3c(cc(-c4cccc(Cl)c4)cc3OCC3CCCCO3)C2)o1. The van der Waals surface area contributed by atoms with Crippen LogP contribution >= 0.6 is 11.6 Å². The lowest BCUT2D eigenvalue weighted by Crippen LogP contribution is -2.32. The highest BCUT2D eigenvalue weighted by Gasteiger charge is 2.27. The number of carbonyl (C=O) groups is 1. The number of methoxy groups -OCH3 is 1. The topological polar surface area (TPSA) is 70.4 Å². The Labute approximate surface area is 215 Å². The van der Waals surface area contributed by atoms with Crippen molar-refractivity contribution < 1.29 is 28.2 Å². The minimum absolute atomic E-state index is 0.0633. The molecule has 1 saturated heterocycles. The second-order valence-electron chi connectivity index (χ2n) is 9.05. The van der Waals surface area contributed by atoms with Crippen molar-refractivity contribution in [3.63, 3.8) is 0 Å². The fraction of sp³-hybridized carbons (Fsp3) is 0.393. The van der Waals surface area contributed by atoms with Gasteiger partial charge >= 0.3 is 0 Å². The molecule has 2 aliphatic rings. The summed E-state index contributed by atoms with van der Waals surface area (Å²) in [7, 11) is 1.59. The van der Waals surface area contributed by atoms with Gasteiger partial charge in [0.2, 0.25) is 0 Å². The summed E-state index contributed by atoms with van der Waals surface area (Å²) in [5.41, 5.74) is 2.76. The fourth-order valence-corrected chi connectivity index (χ4v) is 4.78.